The Morgan fingerprint density at radius 1 is 1.19 bits per heavy atom. The van der Waals surface area contributed by atoms with E-state index in [-0.39, 0.29) is 11.8 Å². The van der Waals surface area contributed by atoms with E-state index in [1.54, 1.807) is 11.8 Å². The monoisotopic (exact) mass is 286 g/mol. The molecule has 0 radical (unpaired) electrons. The normalized spacial score (nSPS) is 24.5. The minimum Gasteiger partial charge on any atom is -0.340 e. The quantitative estimate of drug-likeness (QED) is 0.862. The van der Waals surface area contributed by atoms with Gasteiger partial charge in [-0.15, -0.1) is 0 Å². The molecule has 112 valence electrons. The van der Waals surface area contributed by atoms with Gasteiger partial charge in [0.15, 0.2) is 0 Å². The van der Waals surface area contributed by atoms with E-state index in [1.165, 1.54) is 0 Å². The summed E-state index contributed by atoms with van der Waals surface area (Å²) in [6.45, 7) is 5.85. The first kappa shape index (κ1) is 14.1. The molecule has 2 aliphatic rings. The van der Waals surface area contributed by atoms with Gasteiger partial charge in [-0.1, -0.05) is 25.0 Å². The molecule has 2 fully saturated rings. The predicted octanol–water partition coefficient (Wildman–Crippen LogP) is 2.47. The molecule has 1 spiro atoms. The first-order valence-corrected chi connectivity index (χ1v) is 7.68. The zero-order valence-electron chi connectivity index (χ0n) is 12.9. The van der Waals surface area contributed by atoms with Crippen LogP contribution in [-0.4, -0.2) is 23.4 Å². The van der Waals surface area contributed by atoms with E-state index in [0.29, 0.717) is 0 Å². The van der Waals surface area contributed by atoms with Crippen molar-refractivity contribution >= 4 is 17.5 Å². The zero-order chi connectivity index (χ0) is 15.2. The molecule has 3 rings (SSSR count). The molecule has 1 unspecified atom stereocenters. The Morgan fingerprint density at radius 2 is 1.86 bits per heavy atom. The number of nitrogens with zero attached hydrogens (tertiary/aromatic N) is 1. The van der Waals surface area contributed by atoms with Gasteiger partial charge in [0.2, 0.25) is 5.91 Å². The van der Waals surface area contributed by atoms with Gasteiger partial charge in [-0.3, -0.25) is 14.5 Å². The van der Waals surface area contributed by atoms with E-state index in [0.717, 1.165) is 42.5 Å². The lowest BCUT2D eigenvalue weighted by atomic mass is 9.90. The Morgan fingerprint density at radius 3 is 2.52 bits per heavy atom. The maximum atomic E-state index is 13.1. The number of hydrogen-bond donors (Lipinski definition) is 1. The van der Waals surface area contributed by atoms with Crippen LogP contribution in [0.3, 0.4) is 0 Å². The molecular weight excluding hydrogens is 264 g/mol. The molecule has 4 heteroatoms. The molecule has 21 heavy (non-hydrogen) atoms. The Balaban J connectivity index is 2.08. The van der Waals surface area contributed by atoms with Crippen LogP contribution in [0.2, 0.25) is 0 Å². The highest BCUT2D eigenvalue weighted by atomic mass is 16.2. The van der Waals surface area contributed by atoms with E-state index < -0.39 is 11.6 Å². The highest BCUT2D eigenvalue weighted by Crippen LogP contribution is 2.37. The second-order valence-electron chi connectivity index (χ2n) is 6.35. The predicted molar refractivity (Wildman–Crippen MR) is 82.2 cm³/mol. The van der Waals surface area contributed by atoms with Crippen LogP contribution in [0.15, 0.2) is 18.2 Å². The molecule has 1 aromatic carbocycles. The molecule has 4 nitrogen and oxygen atoms in total. The van der Waals surface area contributed by atoms with Gasteiger partial charge in [-0.25, -0.2) is 0 Å². The third-order valence-electron chi connectivity index (χ3n) is 5.05. The van der Waals surface area contributed by atoms with E-state index in [2.05, 4.69) is 5.32 Å². The third kappa shape index (κ3) is 2.04. The van der Waals surface area contributed by atoms with Crippen molar-refractivity contribution in [2.24, 2.45) is 0 Å². The average Bonchev–Trinajstić information content (AvgIpc) is 2.91. The minimum atomic E-state index is -0.667. The fourth-order valence-electron chi connectivity index (χ4n) is 3.55. The molecule has 2 amide bonds. The van der Waals surface area contributed by atoms with Crippen LogP contribution in [0.25, 0.3) is 0 Å². The minimum absolute atomic E-state index is 0.0441. The number of hydrogen-bond acceptors (Lipinski definition) is 2. The summed E-state index contributed by atoms with van der Waals surface area (Å²) in [5.74, 6) is 0.0122. The Kier molecular flexibility index (Phi) is 3.27. The summed E-state index contributed by atoms with van der Waals surface area (Å²) in [5.41, 5.74) is 2.41. The van der Waals surface area contributed by atoms with Crippen molar-refractivity contribution in [2.75, 3.05) is 4.90 Å². The molecule has 0 bridgehead atoms. The van der Waals surface area contributed by atoms with Crippen molar-refractivity contribution < 1.29 is 9.59 Å². The third-order valence-corrected chi connectivity index (χ3v) is 5.05. The van der Waals surface area contributed by atoms with Crippen LogP contribution in [0.4, 0.5) is 5.69 Å². The summed E-state index contributed by atoms with van der Waals surface area (Å²) < 4.78 is 0. The Bertz CT molecular complexity index is 603. The fraction of sp³-hybridized carbons (Fsp3) is 0.529. The van der Waals surface area contributed by atoms with Gasteiger partial charge in [0.05, 0.1) is 0 Å². The van der Waals surface area contributed by atoms with E-state index in [1.807, 2.05) is 32.0 Å². The van der Waals surface area contributed by atoms with E-state index in [4.69, 9.17) is 0 Å². The molecular formula is C17H22N2O2. The molecule has 1 aliphatic heterocycles. The number of rotatable bonds is 1. The van der Waals surface area contributed by atoms with Gasteiger partial charge in [-0.05, 0) is 50.8 Å². The van der Waals surface area contributed by atoms with Gasteiger partial charge in [0, 0.05) is 5.69 Å². The summed E-state index contributed by atoms with van der Waals surface area (Å²) in [4.78, 5) is 27.2. The van der Waals surface area contributed by atoms with Crippen molar-refractivity contribution in [1.29, 1.82) is 0 Å². The van der Waals surface area contributed by atoms with Gasteiger partial charge >= 0.3 is 0 Å². The van der Waals surface area contributed by atoms with Crippen molar-refractivity contribution in [3.63, 3.8) is 0 Å². The van der Waals surface area contributed by atoms with Crippen molar-refractivity contribution in [2.45, 2.75) is 58.0 Å². The molecule has 0 aromatic heterocycles. The topological polar surface area (TPSA) is 49.4 Å². The average molecular weight is 286 g/mol. The number of benzene rings is 1. The smallest absolute Gasteiger partial charge is 0.253 e. The number of nitrogens with one attached hydrogen (secondary N) is 1. The lowest BCUT2D eigenvalue weighted by Gasteiger charge is -2.43. The molecule has 1 N–H and O–H groups in total. The number of amides is 2. The fourth-order valence-corrected chi connectivity index (χ4v) is 3.55. The number of aryl methyl sites for hydroxylation is 1. The summed E-state index contributed by atoms with van der Waals surface area (Å²) in [5, 5.41) is 2.99. The second kappa shape index (κ2) is 4.86. The number of carbonyl (C=O) groups is 2. The number of carbonyl (C=O) groups excluding carboxylic acids is 2. The first-order valence-electron chi connectivity index (χ1n) is 7.68. The highest BCUT2D eigenvalue weighted by molar-refractivity contribution is 6.11. The summed E-state index contributed by atoms with van der Waals surface area (Å²) in [6.07, 6.45) is 3.51. The van der Waals surface area contributed by atoms with E-state index >= 15 is 0 Å². The van der Waals surface area contributed by atoms with Crippen LogP contribution in [0.1, 0.15) is 43.7 Å². The number of piperazine rings is 1. The van der Waals surface area contributed by atoms with Crippen molar-refractivity contribution in [3.05, 3.63) is 29.3 Å². The van der Waals surface area contributed by atoms with Gasteiger partial charge in [-0.2, -0.15) is 0 Å². The molecule has 1 saturated carbocycles. The lowest BCUT2D eigenvalue weighted by Crippen LogP contribution is -2.69. The standard InChI is InChI=1S/C17H22N2O2/c1-11-7-6-8-14(12(11)2)19-13(3)15(20)18-17(16(19)21)9-4-5-10-17/h6-8,13H,4-5,9-10H2,1-3H3,(H,18,20). The molecule has 1 aliphatic carbocycles. The zero-order valence-corrected chi connectivity index (χ0v) is 12.9. The molecule has 1 saturated heterocycles. The maximum absolute atomic E-state index is 13.1. The molecule has 1 aromatic rings. The van der Waals surface area contributed by atoms with Gasteiger partial charge in [0.1, 0.15) is 11.6 Å². The van der Waals surface area contributed by atoms with Crippen LogP contribution < -0.4 is 10.2 Å². The van der Waals surface area contributed by atoms with Crippen LogP contribution in [0, 0.1) is 13.8 Å². The van der Waals surface area contributed by atoms with E-state index in [9.17, 15) is 9.59 Å². The van der Waals surface area contributed by atoms with Gasteiger partial charge < -0.3 is 5.32 Å². The van der Waals surface area contributed by atoms with Crippen LogP contribution >= 0.6 is 0 Å². The summed E-state index contributed by atoms with van der Waals surface area (Å²) in [7, 11) is 0. The lowest BCUT2D eigenvalue weighted by molar-refractivity contribution is -0.137. The highest BCUT2D eigenvalue weighted by Gasteiger charge is 2.51. The van der Waals surface area contributed by atoms with Crippen LogP contribution in [0.5, 0.6) is 0 Å². The second-order valence-corrected chi connectivity index (χ2v) is 6.35. The summed E-state index contributed by atoms with van der Waals surface area (Å²) >= 11 is 0. The van der Waals surface area contributed by atoms with Crippen LogP contribution in [-0.2, 0) is 9.59 Å². The Hall–Kier alpha value is -1.84. The van der Waals surface area contributed by atoms with Crippen molar-refractivity contribution in [3.8, 4) is 0 Å². The van der Waals surface area contributed by atoms with Gasteiger partial charge in [0.25, 0.3) is 5.91 Å². The summed E-state index contributed by atoms with van der Waals surface area (Å²) in [6, 6.07) is 5.47. The first-order chi connectivity index (χ1) is 9.96. The molecule has 1 heterocycles. The maximum Gasteiger partial charge on any atom is 0.253 e. The Labute approximate surface area is 125 Å². The molecule has 1 atom stereocenters. The largest absolute Gasteiger partial charge is 0.340 e. The number of anilines is 1. The van der Waals surface area contributed by atoms with Crippen molar-refractivity contribution in [1.82, 2.24) is 5.32 Å². The SMILES string of the molecule is Cc1cccc(N2C(=O)C3(CCCC3)NC(=O)C2C)c1C.